The Balaban J connectivity index is 1.73. The molecule has 0 saturated carbocycles. The Bertz CT molecular complexity index is 830. The standard InChI is InChI=1S/C14H15ClN2O4S/c1-8(21-14(18)9-4-5-22(19,20)7-9)13-16-11-3-2-10(15)6-12(11)17-13/h2-3,6,8-9H,4-5,7H2,1H3,(H,16,17)/t8-,9-/m1/s1. The maximum absolute atomic E-state index is 12.0. The number of fused-ring (bicyclic) bond motifs is 1. The lowest BCUT2D eigenvalue weighted by Gasteiger charge is -2.13. The Hall–Kier alpha value is -1.60. The zero-order chi connectivity index (χ0) is 15.9. The van der Waals surface area contributed by atoms with Gasteiger partial charge in [-0.05, 0) is 31.5 Å². The molecule has 0 unspecified atom stereocenters. The second-order valence-electron chi connectivity index (χ2n) is 5.46. The number of rotatable bonds is 3. The molecule has 0 spiro atoms. The molecule has 1 aliphatic heterocycles. The molecule has 2 aromatic rings. The number of carbonyl (C=O) groups excluding carboxylic acids is 1. The highest BCUT2D eigenvalue weighted by molar-refractivity contribution is 7.91. The van der Waals surface area contributed by atoms with Gasteiger partial charge in [-0.3, -0.25) is 4.79 Å². The molecule has 1 saturated heterocycles. The van der Waals surface area contributed by atoms with Gasteiger partial charge in [-0.1, -0.05) is 11.6 Å². The lowest BCUT2D eigenvalue weighted by atomic mass is 10.1. The molecule has 1 fully saturated rings. The van der Waals surface area contributed by atoms with Crippen LogP contribution in [0.2, 0.25) is 5.02 Å². The second-order valence-corrected chi connectivity index (χ2v) is 8.13. The number of H-pyrrole nitrogens is 1. The number of hydrogen-bond acceptors (Lipinski definition) is 5. The number of esters is 1. The number of hydrogen-bond donors (Lipinski definition) is 1. The van der Waals surface area contributed by atoms with Crippen LogP contribution in [0.15, 0.2) is 18.2 Å². The third kappa shape index (κ3) is 3.10. The van der Waals surface area contributed by atoms with E-state index in [1.165, 1.54) is 0 Å². The van der Waals surface area contributed by atoms with E-state index in [1.54, 1.807) is 25.1 Å². The zero-order valence-corrected chi connectivity index (χ0v) is 13.4. The number of aromatic amines is 1. The van der Waals surface area contributed by atoms with Crippen LogP contribution in [-0.4, -0.2) is 35.9 Å². The van der Waals surface area contributed by atoms with Gasteiger partial charge < -0.3 is 9.72 Å². The van der Waals surface area contributed by atoms with Crippen LogP contribution in [0.25, 0.3) is 11.0 Å². The topological polar surface area (TPSA) is 89.1 Å². The van der Waals surface area contributed by atoms with E-state index in [0.29, 0.717) is 17.3 Å². The number of nitrogens with one attached hydrogen (secondary N) is 1. The molecule has 0 amide bonds. The van der Waals surface area contributed by atoms with Crippen molar-refractivity contribution in [1.29, 1.82) is 0 Å². The quantitative estimate of drug-likeness (QED) is 0.864. The zero-order valence-electron chi connectivity index (χ0n) is 11.9. The normalized spacial score (nSPS) is 21.8. The van der Waals surface area contributed by atoms with Gasteiger partial charge in [0.15, 0.2) is 15.9 Å². The molecular formula is C14H15ClN2O4S. The summed E-state index contributed by atoms with van der Waals surface area (Å²) in [5.74, 6) is -0.650. The summed E-state index contributed by atoms with van der Waals surface area (Å²) < 4.78 is 28.2. The van der Waals surface area contributed by atoms with Crippen LogP contribution in [-0.2, 0) is 19.4 Å². The van der Waals surface area contributed by atoms with Crippen LogP contribution in [0.1, 0.15) is 25.3 Å². The summed E-state index contributed by atoms with van der Waals surface area (Å²) in [4.78, 5) is 19.4. The maximum Gasteiger partial charge on any atom is 0.310 e. The van der Waals surface area contributed by atoms with Crippen molar-refractivity contribution in [3.63, 3.8) is 0 Å². The van der Waals surface area contributed by atoms with Crippen LogP contribution < -0.4 is 0 Å². The first-order chi connectivity index (χ1) is 10.3. The smallest absolute Gasteiger partial charge is 0.310 e. The highest BCUT2D eigenvalue weighted by atomic mass is 35.5. The summed E-state index contributed by atoms with van der Waals surface area (Å²) >= 11 is 5.91. The number of benzene rings is 1. The number of imidazole rings is 1. The predicted octanol–water partition coefficient (Wildman–Crippen LogP) is 2.26. The molecule has 3 rings (SSSR count). The van der Waals surface area contributed by atoms with Gasteiger partial charge in [0.1, 0.15) is 5.82 Å². The summed E-state index contributed by atoms with van der Waals surface area (Å²) in [5.41, 5.74) is 1.49. The molecule has 1 aromatic heterocycles. The maximum atomic E-state index is 12.0. The van der Waals surface area contributed by atoms with Gasteiger partial charge in [0, 0.05) is 5.02 Å². The number of sulfone groups is 1. The first kappa shape index (κ1) is 15.3. The SMILES string of the molecule is C[C@@H](OC(=O)[C@@H]1CCS(=O)(=O)C1)c1nc2ccc(Cl)cc2[nH]1. The van der Waals surface area contributed by atoms with Gasteiger partial charge in [0.25, 0.3) is 0 Å². The van der Waals surface area contributed by atoms with E-state index >= 15 is 0 Å². The molecular weight excluding hydrogens is 328 g/mol. The van der Waals surface area contributed by atoms with Crippen molar-refractivity contribution in [3.05, 3.63) is 29.0 Å². The van der Waals surface area contributed by atoms with Crippen molar-refractivity contribution in [3.8, 4) is 0 Å². The molecule has 1 N–H and O–H groups in total. The highest BCUT2D eigenvalue weighted by Gasteiger charge is 2.35. The molecule has 6 nitrogen and oxygen atoms in total. The van der Waals surface area contributed by atoms with E-state index in [2.05, 4.69) is 9.97 Å². The van der Waals surface area contributed by atoms with Crippen LogP contribution in [0.5, 0.6) is 0 Å². The molecule has 118 valence electrons. The van der Waals surface area contributed by atoms with Crippen molar-refractivity contribution in [2.75, 3.05) is 11.5 Å². The summed E-state index contributed by atoms with van der Waals surface area (Å²) in [6.07, 6.45) is -0.258. The van der Waals surface area contributed by atoms with E-state index in [9.17, 15) is 13.2 Å². The minimum absolute atomic E-state index is 0.0459. The molecule has 0 aliphatic carbocycles. The largest absolute Gasteiger partial charge is 0.454 e. The average Bonchev–Trinajstić information content (AvgIpc) is 3.01. The Kier molecular flexibility index (Phi) is 3.86. The van der Waals surface area contributed by atoms with E-state index in [0.717, 1.165) is 11.0 Å². The highest BCUT2D eigenvalue weighted by Crippen LogP contribution is 2.25. The van der Waals surface area contributed by atoms with Crippen LogP contribution in [0, 0.1) is 5.92 Å². The van der Waals surface area contributed by atoms with Gasteiger partial charge in [0.2, 0.25) is 0 Å². The Morgan fingerprint density at radius 2 is 2.27 bits per heavy atom. The van der Waals surface area contributed by atoms with Crippen molar-refractivity contribution in [2.45, 2.75) is 19.4 Å². The minimum Gasteiger partial charge on any atom is -0.454 e. The first-order valence-corrected chi connectivity index (χ1v) is 9.10. The molecule has 0 bridgehead atoms. The van der Waals surface area contributed by atoms with Crippen LogP contribution in [0.3, 0.4) is 0 Å². The van der Waals surface area contributed by atoms with Crippen molar-refractivity contribution in [1.82, 2.24) is 9.97 Å². The van der Waals surface area contributed by atoms with Crippen molar-refractivity contribution in [2.24, 2.45) is 5.92 Å². The number of carbonyl (C=O) groups is 1. The lowest BCUT2D eigenvalue weighted by Crippen LogP contribution is -2.20. The molecule has 2 heterocycles. The van der Waals surface area contributed by atoms with E-state index in [-0.39, 0.29) is 11.5 Å². The van der Waals surface area contributed by atoms with Gasteiger partial charge in [-0.25, -0.2) is 13.4 Å². The molecule has 0 radical (unpaired) electrons. The van der Waals surface area contributed by atoms with E-state index < -0.39 is 27.8 Å². The molecule has 22 heavy (non-hydrogen) atoms. The average molecular weight is 343 g/mol. The molecule has 2 atom stereocenters. The molecule has 1 aromatic carbocycles. The third-order valence-electron chi connectivity index (χ3n) is 3.71. The predicted molar refractivity (Wildman–Crippen MR) is 82.4 cm³/mol. The fourth-order valence-electron chi connectivity index (χ4n) is 2.50. The van der Waals surface area contributed by atoms with Crippen LogP contribution >= 0.6 is 11.6 Å². The van der Waals surface area contributed by atoms with Crippen molar-refractivity contribution < 1.29 is 17.9 Å². The second kappa shape index (κ2) is 5.55. The van der Waals surface area contributed by atoms with Gasteiger partial charge >= 0.3 is 5.97 Å². The third-order valence-corrected chi connectivity index (χ3v) is 5.71. The van der Waals surface area contributed by atoms with E-state index in [4.69, 9.17) is 16.3 Å². The first-order valence-electron chi connectivity index (χ1n) is 6.90. The summed E-state index contributed by atoms with van der Waals surface area (Å²) in [7, 11) is -3.11. The fraction of sp³-hybridized carbons (Fsp3) is 0.429. The lowest BCUT2D eigenvalue weighted by molar-refractivity contribution is -0.153. The summed E-state index contributed by atoms with van der Waals surface area (Å²) in [6, 6.07) is 5.25. The Morgan fingerprint density at radius 3 is 2.95 bits per heavy atom. The number of halogens is 1. The Labute approximate surface area is 132 Å². The van der Waals surface area contributed by atoms with Gasteiger partial charge in [-0.2, -0.15) is 0 Å². The summed E-state index contributed by atoms with van der Waals surface area (Å²) in [5, 5.41) is 0.587. The van der Waals surface area contributed by atoms with E-state index in [1.807, 2.05) is 0 Å². The van der Waals surface area contributed by atoms with Gasteiger partial charge in [0.05, 0.1) is 28.5 Å². The van der Waals surface area contributed by atoms with Crippen molar-refractivity contribution >= 4 is 38.4 Å². The fourth-order valence-corrected chi connectivity index (χ4v) is 4.40. The van der Waals surface area contributed by atoms with Crippen LogP contribution in [0.4, 0.5) is 0 Å². The minimum atomic E-state index is -3.11. The summed E-state index contributed by atoms with van der Waals surface area (Å²) in [6.45, 7) is 1.70. The van der Waals surface area contributed by atoms with Gasteiger partial charge in [-0.15, -0.1) is 0 Å². The molecule has 8 heteroatoms. The number of aromatic nitrogens is 2. The number of ether oxygens (including phenoxy) is 1. The monoisotopic (exact) mass is 342 g/mol. The Morgan fingerprint density at radius 1 is 1.50 bits per heavy atom. The number of nitrogens with zero attached hydrogens (tertiary/aromatic N) is 1. The molecule has 1 aliphatic rings.